The summed E-state index contributed by atoms with van der Waals surface area (Å²) in [4.78, 5) is 20.4. The second-order valence-corrected chi connectivity index (χ2v) is 6.64. The van der Waals surface area contributed by atoms with Gasteiger partial charge in [-0.25, -0.2) is 9.97 Å². The zero-order valence-electron chi connectivity index (χ0n) is 11.7. The third kappa shape index (κ3) is 4.25. The number of rotatable bonds is 6. The number of carbonyl (C=O) groups is 1. The van der Waals surface area contributed by atoms with Crippen molar-refractivity contribution in [2.24, 2.45) is 0 Å². The molecular formula is C14H15BrN2O3S. The van der Waals surface area contributed by atoms with Crippen LogP contribution >= 0.6 is 27.3 Å². The van der Waals surface area contributed by atoms with E-state index in [4.69, 9.17) is 9.47 Å². The quantitative estimate of drug-likeness (QED) is 0.729. The molecule has 0 saturated carbocycles. The Morgan fingerprint density at radius 3 is 2.71 bits per heavy atom. The van der Waals surface area contributed by atoms with E-state index < -0.39 is 0 Å². The molecule has 0 spiro atoms. The molecule has 112 valence electrons. The van der Waals surface area contributed by atoms with E-state index in [1.54, 1.807) is 32.5 Å². The van der Waals surface area contributed by atoms with Gasteiger partial charge in [-0.05, 0) is 28.4 Å². The summed E-state index contributed by atoms with van der Waals surface area (Å²) in [6, 6.07) is 3.67. The molecule has 0 fully saturated rings. The first-order chi connectivity index (χ1) is 10.1. The molecule has 2 aromatic rings. The Hall–Kier alpha value is -1.47. The Kier molecular flexibility index (Phi) is 5.69. The summed E-state index contributed by atoms with van der Waals surface area (Å²) in [6.45, 7) is 2.16. The van der Waals surface area contributed by atoms with Crippen molar-refractivity contribution in [2.75, 3.05) is 13.7 Å². The van der Waals surface area contributed by atoms with Crippen molar-refractivity contribution in [3.63, 3.8) is 0 Å². The number of esters is 1. The molecule has 0 radical (unpaired) electrons. The van der Waals surface area contributed by atoms with Crippen LogP contribution in [0.15, 0.2) is 28.3 Å². The smallest absolute Gasteiger partial charge is 0.306 e. The van der Waals surface area contributed by atoms with E-state index >= 15 is 0 Å². The van der Waals surface area contributed by atoms with E-state index in [1.165, 1.54) is 11.3 Å². The molecule has 0 aliphatic carbocycles. The molecule has 0 aromatic carbocycles. The molecule has 0 aliphatic heterocycles. The number of methoxy groups -OCH3 is 1. The fourth-order valence-corrected chi connectivity index (χ4v) is 3.25. The van der Waals surface area contributed by atoms with Crippen LogP contribution in [0.25, 0.3) is 0 Å². The third-order valence-electron chi connectivity index (χ3n) is 2.84. The van der Waals surface area contributed by atoms with E-state index in [2.05, 4.69) is 25.9 Å². The molecule has 21 heavy (non-hydrogen) atoms. The first kappa shape index (κ1) is 15.9. The summed E-state index contributed by atoms with van der Waals surface area (Å²) in [6.07, 6.45) is 3.68. The molecule has 2 rings (SSSR count). The van der Waals surface area contributed by atoms with Crippen molar-refractivity contribution in [3.05, 3.63) is 38.9 Å². The predicted molar refractivity (Wildman–Crippen MR) is 83.7 cm³/mol. The van der Waals surface area contributed by atoms with Crippen molar-refractivity contribution in [3.8, 4) is 5.88 Å². The first-order valence-electron chi connectivity index (χ1n) is 6.40. The molecule has 5 nitrogen and oxygen atoms in total. The zero-order valence-corrected chi connectivity index (χ0v) is 14.1. The summed E-state index contributed by atoms with van der Waals surface area (Å²) < 4.78 is 11.0. The van der Waals surface area contributed by atoms with Crippen LogP contribution in [0.2, 0.25) is 0 Å². The normalized spacial score (nSPS) is 12.0. The molecule has 0 aliphatic rings. The van der Waals surface area contributed by atoms with Crippen molar-refractivity contribution < 1.29 is 14.3 Å². The van der Waals surface area contributed by atoms with E-state index in [0.29, 0.717) is 12.5 Å². The Bertz CT molecular complexity index is 601. The molecule has 0 N–H and O–H groups in total. The van der Waals surface area contributed by atoms with Crippen molar-refractivity contribution >= 4 is 33.2 Å². The van der Waals surface area contributed by atoms with Gasteiger partial charge in [0.15, 0.2) is 0 Å². The van der Waals surface area contributed by atoms with Gasteiger partial charge in [0.25, 0.3) is 0 Å². The lowest BCUT2D eigenvalue weighted by Gasteiger charge is -2.14. The van der Waals surface area contributed by atoms with E-state index in [9.17, 15) is 4.79 Å². The number of thiazole rings is 1. The highest BCUT2D eigenvalue weighted by Gasteiger charge is 2.22. The predicted octanol–water partition coefficient (Wildman–Crippen LogP) is 3.39. The number of hydrogen-bond acceptors (Lipinski definition) is 6. The van der Waals surface area contributed by atoms with Crippen molar-refractivity contribution in [2.45, 2.75) is 19.3 Å². The van der Waals surface area contributed by atoms with Crippen LogP contribution in [0.4, 0.5) is 0 Å². The minimum Gasteiger partial charge on any atom is -0.481 e. The molecule has 0 amide bonds. The Morgan fingerprint density at radius 1 is 1.38 bits per heavy atom. The summed E-state index contributed by atoms with van der Waals surface area (Å²) in [5.74, 6) is 0.123. The van der Waals surface area contributed by atoms with Gasteiger partial charge < -0.3 is 9.47 Å². The van der Waals surface area contributed by atoms with Crippen LogP contribution in [0.1, 0.15) is 29.8 Å². The Balaban J connectivity index is 2.27. The van der Waals surface area contributed by atoms with Crippen LogP contribution in [-0.2, 0) is 9.53 Å². The average Bonchev–Trinajstić information content (AvgIpc) is 2.91. The highest BCUT2D eigenvalue weighted by molar-refractivity contribution is 9.11. The molecule has 1 atom stereocenters. The monoisotopic (exact) mass is 370 g/mol. The van der Waals surface area contributed by atoms with Gasteiger partial charge in [0.05, 0.1) is 30.1 Å². The minimum atomic E-state index is -0.246. The largest absolute Gasteiger partial charge is 0.481 e. The first-order valence-corrected chi connectivity index (χ1v) is 8.01. The fraction of sp³-hybridized carbons (Fsp3) is 0.357. The average molecular weight is 371 g/mol. The lowest BCUT2D eigenvalue weighted by atomic mass is 9.98. The molecular weight excluding hydrogens is 356 g/mol. The standard InChI is InChI=1S/C14H15BrN2O3S/c1-3-20-13(18)6-10(14-17-8-11(15)21-14)9-4-5-12(19-2)16-7-9/h4-5,7-8,10H,3,6H2,1-2H3. The van der Waals surface area contributed by atoms with Crippen molar-refractivity contribution in [1.29, 1.82) is 0 Å². The highest BCUT2D eigenvalue weighted by atomic mass is 79.9. The Morgan fingerprint density at radius 2 is 2.19 bits per heavy atom. The summed E-state index contributed by atoms with van der Waals surface area (Å²) in [5, 5.41) is 0.849. The number of nitrogens with zero attached hydrogens (tertiary/aromatic N) is 2. The zero-order chi connectivity index (χ0) is 15.2. The van der Waals surface area contributed by atoms with Crippen LogP contribution in [0.5, 0.6) is 5.88 Å². The molecule has 0 saturated heterocycles. The second-order valence-electron chi connectivity index (χ2n) is 4.20. The maximum absolute atomic E-state index is 11.8. The summed E-state index contributed by atoms with van der Waals surface area (Å²) in [7, 11) is 1.57. The minimum absolute atomic E-state index is 0.168. The van der Waals surface area contributed by atoms with Gasteiger partial charge in [-0.3, -0.25) is 4.79 Å². The summed E-state index contributed by atoms with van der Waals surface area (Å²) in [5.41, 5.74) is 0.908. The molecule has 2 aromatic heterocycles. The van der Waals surface area contributed by atoms with Crippen LogP contribution in [0, 0.1) is 0 Å². The number of pyridine rings is 1. The SMILES string of the molecule is CCOC(=O)CC(c1ccc(OC)nc1)c1ncc(Br)s1. The van der Waals surface area contributed by atoms with Crippen LogP contribution < -0.4 is 4.74 Å². The highest BCUT2D eigenvalue weighted by Crippen LogP contribution is 2.33. The van der Waals surface area contributed by atoms with Crippen LogP contribution in [0.3, 0.4) is 0 Å². The third-order valence-corrected chi connectivity index (χ3v) is 4.43. The number of ether oxygens (including phenoxy) is 2. The maximum Gasteiger partial charge on any atom is 0.306 e. The molecule has 2 heterocycles. The number of hydrogen-bond donors (Lipinski definition) is 0. The van der Waals surface area contributed by atoms with E-state index in [-0.39, 0.29) is 18.3 Å². The van der Waals surface area contributed by atoms with Gasteiger partial charge in [-0.1, -0.05) is 6.07 Å². The van der Waals surface area contributed by atoms with Crippen LogP contribution in [-0.4, -0.2) is 29.7 Å². The maximum atomic E-state index is 11.8. The van der Waals surface area contributed by atoms with Gasteiger partial charge in [0.1, 0.15) is 5.01 Å². The van der Waals surface area contributed by atoms with Gasteiger partial charge in [0.2, 0.25) is 5.88 Å². The van der Waals surface area contributed by atoms with Crippen molar-refractivity contribution in [1.82, 2.24) is 9.97 Å². The lowest BCUT2D eigenvalue weighted by molar-refractivity contribution is -0.143. The molecule has 7 heteroatoms. The van der Waals surface area contributed by atoms with E-state index in [0.717, 1.165) is 14.4 Å². The number of aromatic nitrogens is 2. The molecule has 1 unspecified atom stereocenters. The number of carbonyl (C=O) groups excluding carboxylic acids is 1. The Labute approximate surface area is 135 Å². The van der Waals surface area contributed by atoms with E-state index in [1.807, 2.05) is 6.07 Å². The fourth-order valence-electron chi connectivity index (χ4n) is 1.88. The van der Waals surface area contributed by atoms with Gasteiger partial charge in [-0.2, -0.15) is 0 Å². The van der Waals surface area contributed by atoms with Gasteiger partial charge in [-0.15, -0.1) is 11.3 Å². The lowest BCUT2D eigenvalue weighted by Crippen LogP contribution is -2.11. The molecule has 0 bridgehead atoms. The number of halogens is 1. The topological polar surface area (TPSA) is 61.3 Å². The second kappa shape index (κ2) is 7.51. The van der Waals surface area contributed by atoms with Gasteiger partial charge in [0, 0.05) is 18.2 Å². The summed E-state index contributed by atoms with van der Waals surface area (Å²) >= 11 is 4.90. The van der Waals surface area contributed by atoms with Gasteiger partial charge >= 0.3 is 5.97 Å².